The van der Waals surface area contributed by atoms with Crippen LogP contribution in [-0.4, -0.2) is 31.0 Å². The summed E-state index contributed by atoms with van der Waals surface area (Å²) >= 11 is 3.34. The number of ether oxygens (including phenoxy) is 1. The van der Waals surface area contributed by atoms with Crippen LogP contribution in [0.25, 0.3) is 11.1 Å². The van der Waals surface area contributed by atoms with E-state index in [0.717, 1.165) is 32.3 Å². The van der Waals surface area contributed by atoms with Crippen LogP contribution in [0.3, 0.4) is 0 Å². The van der Waals surface area contributed by atoms with Crippen LogP contribution in [0.2, 0.25) is 0 Å². The summed E-state index contributed by atoms with van der Waals surface area (Å²) < 4.78 is 39.0. The van der Waals surface area contributed by atoms with Crippen LogP contribution in [0.1, 0.15) is 23.1 Å². The Kier molecular flexibility index (Phi) is 5.35. The van der Waals surface area contributed by atoms with E-state index in [1.807, 2.05) is 43.3 Å². The van der Waals surface area contributed by atoms with Crippen molar-refractivity contribution in [2.45, 2.75) is 30.8 Å². The van der Waals surface area contributed by atoms with Gasteiger partial charge in [0.25, 0.3) is 0 Å². The van der Waals surface area contributed by atoms with Gasteiger partial charge in [-0.1, -0.05) is 57.9 Å². The molecular weight excluding hydrogens is 492 g/mol. The highest BCUT2D eigenvalue weighted by Gasteiger charge is 2.53. The normalized spacial score (nSPS) is 22.4. The Morgan fingerprint density at radius 3 is 2.16 bits per heavy atom. The van der Waals surface area contributed by atoms with Crippen molar-refractivity contribution in [1.29, 1.82) is 0 Å². The van der Waals surface area contributed by atoms with E-state index in [9.17, 15) is 13.5 Å². The van der Waals surface area contributed by atoms with E-state index in [0.29, 0.717) is 6.42 Å². The largest absolute Gasteiger partial charge is 0.508 e. The van der Waals surface area contributed by atoms with Gasteiger partial charge >= 0.3 is 10.1 Å². The lowest BCUT2D eigenvalue weighted by Crippen LogP contribution is -2.35. The summed E-state index contributed by atoms with van der Waals surface area (Å²) in [6.45, 7) is 2.01. The second-order valence-electron chi connectivity index (χ2n) is 8.09. The van der Waals surface area contributed by atoms with Crippen LogP contribution in [0, 0.1) is 6.92 Å². The lowest BCUT2D eigenvalue weighted by atomic mass is 9.83. The third-order valence-corrected chi connectivity index (χ3v) is 8.06. The molecule has 5 rings (SSSR count). The second kappa shape index (κ2) is 8.06. The van der Waals surface area contributed by atoms with E-state index in [-0.39, 0.29) is 17.6 Å². The molecule has 3 aromatic carbocycles. The van der Waals surface area contributed by atoms with E-state index in [2.05, 4.69) is 15.9 Å². The molecule has 5 nitrogen and oxygen atoms in total. The Morgan fingerprint density at radius 2 is 1.50 bits per heavy atom. The number of phenolic OH excluding ortho intramolecular Hbond substituents is 1. The lowest BCUT2D eigenvalue weighted by Gasteiger charge is -2.24. The average Bonchev–Trinajstić information content (AvgIpc) is 3.36. The predicted molar refractivity (Wildman–Crippen MR) is 127 cm³/mol. The summed E-state index contributed by atoms with van der Waals surface area (Å²) in [5, 5.41) is 8.89. The number of rotatable bonds is 5. The molecule has 1 fully saturated rings. The molecule has 2 aliphatic heterocycles. The number of fused-ring (bicyclic) bond motifs is 2. The minimum atomic E-state index is -3.93. The van der Waals surface area contributed by atoms with E-state index < -0.39 is 21.5 Å². The first-order valence-corrected chi connectivity index (χ1v) is 12.5. The van der Waals surface area contributed by atoms with Crippen molar-refractivity contribution in [3.63, 3.8) is 0 Å². The van der Waals surface area contributed by atoms with Crippen molar-refractivity contribution in [1.82, 2.24) is 0 Å². The molecule has 2 aliphatic rings. The van der Waals surface area contributed by atoms with Crippen LogP contribution in [0.5, 0.6) is 11.5 Å². The lowest BCUT2D eigenvalue weighted by molar-refractivity contribution is 0.128. The summed E-state index contributed by atoms with van der Waals surface area (Å²) in [6, 6.07) is 21.7. The van der Waals surface area contributed by atoms with Gasteiger partial charge in [0.2, 0.25) is 0 Å². The Morgan fingerprint density at radius 1 is 0.906 bits per heavy atom. The first-order chi connectivity index (χ1) is 15.3. The third kappa shape index (κ3) is 3.85. The highest BCUT2D eigenvalue weighted by atomic mass is 79.9. The zero-order chi connectivity index (χ0) is 22.5. The molecule has 0 aliphatic carbocycles. The third-order valence-electron chi connectivity index (χ3n) is 5.93. The van der Waals surface area contributed by atoms with Crippen molar-refractivity contribution in [3.8, 4) is 11.5 Å². The maximum atomic E-state index is 13.2. The van der Waals surface area contributed by atoms with Gasteiger partial charge in [0.15, 0.2) is 0 Å². The maximum Gasteiger partial charge on any atom is 0.315 e. The van der Waals surface area contributed by atoms with Gasteiger partial charge in [-0.3, -0.25) is 0 Å². The monoisotopic (exact) mass is 512 g/mol. The molecule has 3 aromatic rings. The van der Waals surface area contributed by atoms with Crippen LogP contribution in [0.4, 0.5) is 0 Å². The van der Waals surface area contributed by atoms with Crippen molar-refractivity contribution in [3.05, 3.63) is 94.0 Å². The summed E-state index contributed by atoms with van der Waals surface area (Å²) in [5.41, 5.74) is 4.78. The molecule has 0 saturated carbocycles. The molecule has 0 unspecified atom stereocenters. The van der Waals surface area contributed by atoms with Gasteiger partial charge < -0.3 is 14.0 Å². The van der Waals surface area contributed by atoms with Gasteiger partial charge in [-0.25, -0.2) is 0 Å². The number of aryl methyl sites for hydroxylation is 1. The Hall–Kier alpha value is -2.61. The molecule has 0 spiro atoms. The summed E-state index contributed by atoms with van der Waals surface area (Å²) in [5.74, 6) is 0.453. The van der Waals surface area contributed by atoms with Gasteiger partial charge in [-0.2, -0.15) is 8.42 Å². The first kappa shape index (κ1) is 21.2. The van der Waals surface area contributed by atoms with Crippen LogP contribution < -0.4 is 4.18 Å². The molecule has 7 heteroatoms. The maximum absolute atomic E-state index is 13.2. The molecule has 0 radical (unpaired) electrons. The SMILES string of the molecule is Cc1ccc(C2=C(c3ccc(O)cc3)[C@@H]3C[C@H](S(=O)(=O)Oc4ccc(Br)cc4)[C@H]2O3)cc1. The standard InChI is InChI=1S/C25H21BrO5S/c1-15-2-4-17(5-3-15)24-23(16-6-10-19(27)11-7-16)21-14-22(25(24)30-21)32(28,29)31-20-12-8-18(26)9-13-20/h2-13,21-22,25,27H,14H2,1H3/t21-,22-,25+/m0/s1. The molecule has 1 N–H and O–H groups in total. The van der Waals surface area contributed by atoms with Gasteiger partial charge in [0.1, 0.15) is 22.9 Å². The summed E-state index contributed by atoms with van der Waals surface area (Å²) in [7, 11) is -3.93. The molecule has 0 aromatic heterocycles. The Balaban J connectivity index is 1.56. The molecule has 0 amide bonds. The van der Waals surface area contributed by atoms with E-state index >= 15 is 0 Å². The van der Waals surface area contributed by atoms with Crippen LogP contribution in [0.15, 0.2) is 77.3 Å². The van der Waals surface area contributed by atoms with Gasteiger partial charge in [0.05, 0.1) is 6.10 Å². The van der Waals surface area contributed by atoms with E-state index in [1.54, 1.807) is 36.4 Å². The molecule has 1 saturated heterocycles. The van der Waals surface area contributed by atoms with Crippen molar-refractivity contribution >= 4 is 37.2 Å². The molecule has 164 valence electrons. The Labute approximate surface area is 195 Å². The molecule has 2 bridgehead atoms. The zero-order valence-corrected chi connectivity index (χ0v) is 19.6. The van der Waals surface area contributed by atoms with Gasteiger partial charge in [-0.15, -0.1) is 0 Å². The zero-order valence-electron chi connectivity index (χ0n) is 17.2. The molecule has 32 heavy (non-hydrogen) atoms. The van der Waals surface area contributed by atoms with Crippen LogP contribution >= 0.6 is 15.9 Å². The highest BCUT2D eigenvalue weighted by molar-refractivity contribution is 9.10. The molecule has 2 heterocycles. The van der Waals surface area contributed by atoms with E-state index in [1.165, 1.54) is 0 Å². The Bertz CT molecular complexity index is 1280. The fourth-order valence-corrected chi connectivity index (χ4v) is 6.09. The number of hydrogen-bond donors (Lipinski definition) is 1. The first-order valence-electron chi connectivity index (χ1n) is 10.3. The average molecular weight is 513 g/mol. The number of hydrogen-bond acceptors (Lipinski definition) is 5. The molecule has 3 atom stereocenters. The summed E-state index contributed by atoms with van der Waals surface area (Å²) in [6.07, 6.45) is -0.684. The topological polar surface area (TPSA) is 72.8 Å². The highest BCUT2D eigenvalue weighted by Crippen LogP contribution is 2.50. The predicted octanol–water partition coefficient (Wildman–Crippen LogP) is 5.32. The fraction of sp³-hybridized carbons (Fsp3) is 0.200. The fourth-order valence-electron chi connectivity index (χ4n) is 4.41. The van der Waals surface area contributed by atoms with E-state index in [4.69, 9.17) is 8.92 Å². The van der Waals surface area contributed by atoms with Crippen LogP contribution in [-0.2, 0) is 14.9 Å². The molecular formula is C25H21BrO5S. The number of aromatic hydroxyl groups is 1. The second-order valence-corrected chi connectivity index (χ2v) is 10.8. The smallest absolute Gasteiger partial charge is 0.315 e. The number of halogens is 1. The van der Waals surface area contributed by atoms with Gasteiger partial charge in [-0.05, 0) is 65.6 Å². The minimum Gasteiger partial charge on any atom is -0.508 e. The van der Waals surface area contributed by atoms with Gasteiger partial charge in [0, 0.05) is 10.9 Å². The van der Waals surface area contributed by atoms with Crippen molar-refractivity contribution in [2.24, 2.45) is 0 Å². The number of phenols is 1. The van der Waals surface area contributed by atoms with Crippen molar-refractivity contribution < 1.29 is 22.4 Å². The quantitative estimate of drug-likeness (QED) is 0.468. The number of benzene rings is 3. The van der Waals surface area contributed by atoms with Crippen molar-refractivity contribution in [2.75, 3.05) is 0 Å². The summed E-state index contributed by atoms with van der Waals surface area (Å²) in [4.78, 5) is 0. The minimum absolute atomic E-state index is 0.179.